The van der Waals surface area contributed by atoms with E-state index in [1.165, 1.54) is 30.7 Å². The highest BCUT2D eigenvalue weighted by molar-refractivity contribution is 7.91. The van der Waals surface area contributed by atoms with Gasteiger partial charge in [0.15, 0.2) is 5.82 Å². The van der Waals surface area contributed by atoms with Crippen LogP contribution in [0.25, 0.3) is 11.0 Å². The van der Waals surface area contributed by atoms with Gasteiger partial charge in [-0.15, -0.1) is 0 Å². The first-order valence-electron chi connectivity index (χ1n) is 10.1. The third-order valence-electron chi connectivity index (χ3n) is 5.45. The lowest BCUT2D eigenvalue weighted by atomic mass is 10.3. The summed E-state index contributed by atoms with van der Waals surface area (Å²) < 4.78 is 62.7. The van der Waals surface area contributed by atoms with E-state index in [4.69, 9.17) is 9.47 Å². The van der Waals surface area contributed by atoms with E-state index < -0.39 is 19.9 Å². The van der Waals surface area contributed by atoms with Crippen LogP contribution in [0.2, 0.25) is 0 Å². The van der Waals surface area contributed by atoms with E-state index in [1.807, 2.05) is 0 Å². The molecule has 176 valence electrons. The van der Waals surface area contributed by atoms with Crippen molar-refractivity contribution in [3.8, 4) is 11.5 Å². The molecule has 0 saturated carbocycles. The Bertz CT molecular complexity index is 1380. The van der Waals surface area contributed by atoms with Crippen LogP contribution in [0.4, 0.5) is 5.82 Å². The number of hydrogen-bond donors (Lipinski definition) is 0. The maximum Gasteiger partial charge on any atom is 0.227 e. The van der Waals surface area contributed by atoms with Gasteiger partial charge in [-0.25, -0.2) is 26.8 Å². The zero-order valence-electron chi connectivity index (χ0n) is 18.4. The van der Waals surface area contributed by atoms with Gasteiger partial charge >= 0.3 is 0 Å². The molecule has 0 unspecified atom stereocenters. The topological polar surface area (TPSA) is 119 Å². The smallest absolute Gasteiger partial charge is 0.227 e. The molecule has 10 nitrogen and oxygen atoms in total. The minimum atomic E-state index is -4.03. The second-order valence-electron chi connectivity index (χ2n) is 7.54. The van der Waals surface area contributed by atoms with Crippen LogP contribution in [-0.2, 0) is 19.9 Å². The second kappa shape index (κ2) is 8.76. The van der Waals surface area contributed by atoms with Crippen molar-refractivity contribution in [3.63, 3.8) is 0 Å². The van der Waals surface area contributed by atoms with Gasteiger partial charge in [0.25, 0.3) is 0 Å². The van der Waals surface area contributed by atoms with E-state index in [-0.39, 0.29) is 41.9 Å². The molecule has 2 aromatic carbocycles. The number of benzene rings is 2. The minimum Gasteiger partial charge on any atom is -0.497 e. The van der Waals surface area contributed by atoms with Gasteiger partial charge in [-0.2, -0.15) is 4.31 Å². The molecule has 0 N–H and O–H groups in total. The van der Waals surface area contributed by atoms with Crippen LogP contribution in [0.1, 0.15) is 0 Å². The molecule has 33 heavy (non-hydrogen) atoms. The Morgan fingerprint density at radius 1 is 0.788 bits per heavy atom. The number of sulfone groups is 1. The van der Waals surface area contributed by atoms with E-state index in [0.717, 1.165) is 6.26 Å². The first kappa shape index (κ1) is 23.2. The Labute approximate surface area is 192 Å². The molecule has 1 aliphatic rings. The van der Waals surface area contributed by atoms with Crippen molar-refractivity contribution in [1.29, 1.82) is 0 Å². The number of fused-ring (bicyclic) bond motifs is 1. The normalized spacial score (nSPS) is 15.5. The number of ether oxygens (including phenoxy) is 2. The first-order valence-corrected chi connectivity index (χ1v) is 13.4. The number of sulfonamides is 1. The van der Waals surface area contributed by atoms with Gasteiger partial charge < -0.3 is 14.4 Å². The van der Waals surface area contributed by atoms with E-state index in [2.05, 4.69) is 9.97 Å². The predicted octanol–water partition coefficient (Wildman–Crippen LogP) is 1.56. The molecule has 0 aliphatic carbocycles. The molecule has 0 radical (unpaired) electrons. The summed E-state index contributed by atoms with van der Waals surface area (Å²) in [6.45, 7) is 1.00. The van der Waals surface area contributed by atoms with Crippen LogP contribution < -0.4 is 14.4 Å². The van der Waals surface area contributed by atoms with Crippen molar-refractivity contribution in [2.24, 2.45) is 0 Å². The fraction of sp³-hybridized carbons (Fsp3) is 0.333. The lowest BCUT2D eigenvalue weighted by molar-refractivity contribution is 0.386. The largest absolute Gasteiger partial charge is 0.497 e. The fourth-order valence-corrected chi connectivity index (χ4v) is 5.80. The van der Waals surface area contributed by atoms with Gasteiger partial charge in [0.2, 0.25) is 24.9 Å². The lowest BCUT2D eigenvalue weighted by Crippen LogP contribution is -2.49. The average Bonchev–Trinajstić information content (AvgIpc) is 2.82. The van der Waals surface area contributed by atoms with Crippen LogP contribution in [0.5, 0.6) is 11.5 Å². The standard InChI is InChI=1S/C21H24N4O6S2/c1-30-15-4-7-17(8-5-15)33(28,29)21-20(24-10-12-25(13-11-24)32(3,26)27)22-19-14-16(31-2)6-9-18(19)23-21/h4-9,14H,10-13H2,1-3H3. The summed E-state index contributed by atoms with van der Waals surface area (Å²) in [7, 11) is -4.34. The summed E-state index contributed by atoms with van der Waals surface area (Å²) in [5.41, 5.74) is 0.880. The summed E-state index contributed by atoms with van der Waals surface area (Å²) in [6.07, 6.45) is 1.16. The Morgan fingerprint density at radius 3 is 1.97 bits per heavy atom. The summed E-state index contributed by atoms with van der Waals surface area (Å²) in [4.78, 5) is 10.9. The molecule has 3 aromatic rings. The highest BCUT2D eigenvalue weighted by Gasteiger charge is 2.31. The number of nitrogens with zero attached hydrogens (tertiary/aromatic N) is 4. The van der Waals surface area contributed by atoms with Crippen molar-refractivity contribution in [2.75, 3.05) is 51.6 Å². The molecule has 0 atom stereocenters. The average molecular weight is 493 g/mol. The number of hydrogen-bond acceptors (Lipinski definition) is 9. The van der Waals surface area contributed by atoms with Crippen molar-refractivity contribution < 1.29 is 26.3 Å². The quantitative estimate of drug-likeness (QED) is 0.505. The molecule has 0 amide bonds. The van der Waals surface area contributed by atoms with Gasteiger partial charge in [-0.1, -0.05) is 0 Å². The van der Waals surface area contributed by atoms with Crippen molar-refractivity contribution in [3.05, 3.63) is 42.5 Å². The third-order valence-corrected chi connectivity index (χ3v) is 8.43. The van der Waals surface area contributed by atoms with Gasteiger partial charge in [-0.3, -0.25) is 0 Å². The van der Waals surface area contributed by atoms with Crippen LogP contribution in [0, 0.1) is 0 Å². The van der Waals surface area contributed by atoms with Gasteiger partial charge in [0, 0.05) is 32.2 Å². The van der Waals surface area contributed by atoms with E-state index in [0.29, 0.717) is 22.5 Å². The monoisotopic (exact) mass is 492 g/mol. The summed E-state index contributed by atoms with van der Waals surface area (Å²) in [5, 5.41) is -0.182. The molecular formula is C21H24N4O6S2. The molecule has 4 rings (SSSR count). The maximum absolute atomic E-state index is 13.6. The zero-order chi connectivity index (χ0) is 23.8. The molecule has 0 bridgehead atoms. The molecule has 2 heterocycles. The van der Waals surface area contributed by atoms with Crippen molar-refractivity contribution >= 4 is 36.7 Å². The third kappa shape index (κ3) is 4.59. The SMILES string of the molecule is COc1ccc(S(=O)(=O)c2nc3ccc(OC)cc3nc2N2CCN(S(C)(=O)=O)CC2)cc1. The summed E-state index contributed by atoms with van der Waals surface area (Å²) in [5.74, 6) is 1.28. The zero-order valence-corrected chi connectivity index (χ0v) is 20.1. The number of aromatic nitrogens is 2. The molecule has 12 heteroatoms. The summed E-state index contributed by atoms with van der Waals surface area (Å²) in [6, 6.07) is 11.1. The Hall–Kier alpha value is -2.96. The number of rotatable bonds is 6. The second-order valence-corrected chi connectivity index (χ2v) is 11.4. The maximum atomic E-state index is 13.6. The van der Waals surface area contributed by atoms with Gasteiger partial charge in [-0.05, 0) is 36.4 Å². The van der Waals surface area contributed by atoms with Crippen LogP contribution >= 0.6 is 0 Å². The van der Waals surface area contributed by atoms with E-state index in [9.17, 15) is 16.8 Å². The first-order chi connectivity index (χ1) is 15.6. The van der Waals surface area contributed by atoms with Crippen LogP contribution in [0.15, 0.2) is 52.4 Å². The Morgan fingerprint density at radius 2 is 1.39 bits per heavy atom. The van der Waals surface area contributed by atoms with E-state index in [1.54, 1.807) is 35.2 Å². The highest BCUT2D eigenvalue weighted by Crippen LogP contribution is 2.32. The van der Waals surface area contributed by atoms with Crippen LogP contribution in [-0.4, -0.2) is 77.8 Å². The fourth-order valence-electron chi connectivity index (χ4n) is 3.62. The minimum absolute atomic E-state index is 0.0569. The van der Waals surface area contributed by atoms with Crippen LogP contribution in [0.3, 0.4) is 0 Å². The Kier molecular flexibility index (Phi) is 6.16. The van der Waals surface area contributed by atoms with Gasteiger partial charge in [0.05, 0.1) is 36.4 Å². The van der Waals surface area contributed by atoms with Crippen molar-refractivity contribution in [1.82, 2.24) is 14.3 Å². The molecular weight excluding hydrogens is 468 g/mol. The predicted molar refractivity (Wildman–Crippen MR) is 123 cm³/mol. The number of methoxy groups -OCH3 is 2. The molecule has 1 aromatic heterocycles. The number of anilines is 1. The molecule has 0 spiro atoms. The molecule has 1 aliphatic heterocycles. The van der Waals surface area contributed by atoms with Gasteiger partial charge in [0.1, 0.15) is 11.5 Å². The van der Waals surface area contributed by atoms with E-state index >= 15 is 0 Å². The molecule has 1 saturated heterocycles. The molecule has 1 fully saturated rings. The Balaban J connectivity index is 1.83. The summed E-state index contributed by atoms with van der Waals surface area (Å²) >= 11 is 0. The highest BCUT2D eigenvalue weighted by atomic mass is 32.2. The van der Waals surface area contributed by atoms with Crippen molar-refractivity contribution in [2.45, 2.75) is 9.92 Å². The number of piperazine rings is 1. The lowest BCUT2D eigenvalue weighted by Gasteiger charge is -2.34.